The summed E-state index contributed by atoms with van der Waals surface area (Å²) in [7, 11) is 2.01. The average molecular weight is 404 g/mol. The molecule has 1 atom stereocenters. The summed E-state index contributed by atoms with van der Waals surface area (Å²) in [5.74, 6) is -0.670. The monoisotopic (exact) mass is 403 g/mol. The second-order valence-electron chi connectivity index (χ2n) is 8.54. The van der Waals surface area contributed by atoms with E-state index in [0.29, 0.717) is 25.9 Å². The van der Waals surface area contributed by atoms with Gasteiger partial charge in [0.1, 0.15) is 5.60 Å². The van der Waals surface area contributed by atoms with E-state index >= 15 is 0 Å². The Kier molecular flexibility index (Phi) is 7.79. The first kappa shape index (κ1) is 22.9. The highest BCUT2D eigenvalue weighted by molar-refractivity contribution is 6.00. The fourth-order valence-electron chi connectivity index (χ4n) is 3.25. The topological polar surface area (TPSA) is 79.0 Å². The first-order valence-corrected chi connectivity index (χ1v) is 10.2. The number of imide groups is 1. The number of nitrogens with zero attached hydrogens (tertiary/aromatic N) is 2. The molecule has 160 valence electrons. The largest absolute Gasteiger partial charge is 0.444 e. The summed E-state index contributed by atoms with van der Waals surface area (Å²) in [4.78, 5) is 39.4. The first-order chi connectivity index (χ1) is 13.6. The molecule has 0 saturated carbocycles. The third kappa shape index (κ3) is 7.16. The van der Waals surface area contributed by atoms with Gasteiger partial charge in [0.05, 0.1) is 5.92 Å². The molecule has 1 aromatic rings. The van der Waals surface area contributed by atoms with Gasteiger partial charge >= 0.3 is 6.09 Å². The normalized spacial score (nSPS) is 17.2. The van der Waals surface area contributed by atoms with Gasteiger partial charge in [-0.3, -0.25) is 14.9 Å². The molecule has 1 fully saturated rings. The van der Waals surface area contributed by atoms with Crippen LogP contribution in [0.25, 0.3) is 0 Å². The highest BCUT2D eigenvalue weighted by Gasteiger charge is 2.27. The molecule has 1 aliphatic rings. The molecule has 0 aromatic heterocycles. The van der Waals surface area contributed by atoms with Crippen LogP contribution < -0.4 is 5.32 Å². The quantitative estimate of drug-likeness (QED) is 0.708. The van der Waals surface area contributed by atoms with Gasteiger partial charge in [-0.05, 0) is 52.3 Å². The van der Waals surface area contributed by atoms with Crippen LogP contribution in [0.3, 0.4) is 0 Å². The zero-order valence-electron chi connectivity index (χ0n) is 18.2. The Bertz CT molecular complexity index is 725. The molecular formula is C22H33N3O4. The summed E-state index contributed by atoms with van der Waals surface area (Å²) in [5, 5.41) is 2.40. The Labute approximate surface area is 173 Å². The predicted octanol–water partition coefficient (Wildman–Crippen LogP) is 2.90. The van der Waals surface area contributed by atoms with Crippen LogP contribution >= 0.6 is 0 Å². The second kappa shape index (κ2) is 9.87. The Morgan fingerprint density at radius 1 is 1.17 bits per heavy atom. The Morgan fingerprint density at radius 3 is 2.38 bits per heavy atom. The maximum atomic E-state index is 12.2. The van der Waals surface area contributed by atoms with Crippen molar-refractivity contribution in [3.05, 3.63) is 35.4 Å². The lowest BCUT2D eigenvalue weighted by atomic mass is 9.90. The van der Waals surface area contributed by atoms with Crippen molar-refractivity contribution in [2.45, 2.75) is 58.6 Å². The van der Waals surface area contributed by atoms with Crippen LogP contribution in [0.1, 0.15) is 57.6 Å². The molecule has 1 N–H and O–H groups in total. The van der Waals surface area contributed by atoms with Gasteiger partial charge in [-0.25, -0.2) is 4.79 Å². The van der Waals surface area contributed by atoms with Gasteiger partial charge in [-0.1, -0.05) is 24.3 Å². The van der Waals surface area contributed by atoms with Crippen LogP contribution in [0.4, 0.5) is 4.79 Å². The molecule has 7 heteroatoms. The van der Waals surface area contributed by atoms with Gasteiger partial charge in [0.25, 0.3) is 0 Å². The molecule has 0 aliphatic carbocycles. The number of hydrogen-bond donors (Lipinski definition) is 1. The minimum atomic E-state index is -0.499. The summed E-state index contributed by atoms with van der Waals surface area (Å²) in [6.07, 6.45) is 0.649. The molecule has 29 heavy (non-hydrogen) atoms. The van der Waals surface area contributed by atoms with Crippen LogP contribution in [-0.4, -0.2) is 60.0 Å². The van der Waals surface area contributed by atoms with E-state index < -0.39 is 5.60 Å². The zero-order chi connectivity index (χ0) is 21.6. The number of amides is 3. The third-order valence-corrected chi connectivity index (χ3v) is 4.86. The van der Waals surface area contributed by atoms with Gasteiger partial charge < -0.3 is 14.5 Å². The number of rotatable bonds is 7. The highest BCUT2D eigenvalue weighted by atomic mass is 16.6. The van der Waals surface area contributed by atoms with E-state index in [9.17, 15) is 14.4 Å². The van der Waals surface area contributed by atoms with Crippen molar-refractivity contribution in [2.24, 2.45) is 0 Å². The van der Waals surface area contributed by atoms with E-state index in [-0.39, 0.29) is 23.8 Å². The fraction of sp³-hybridized carbons (Fsp3) is 0.591. The lowest BCUT2D eigenvalue weighted by Crippen LogP contribution is -2.40. The van der Waals surface area contributed by atoms with Crippen LogP contribution in [0.5, 0.6) is 0 Å². The minimum Gasteiger partial charge on any atom is -0.444 e. The summed E-state index contributed by atoms with van der Waals surface area (Å²) in [6.45, 7) is 10.2. The number of nitrogens with one attached hydrogen (secondary N) is 1. The molecule has 1 aliphatic heterocycles. The second-order valence-corrected chi connectivity index (χ2v) is 8.54. The number of likely N-dealkylation sites (N-methyl/N-ethyl adjacent to an activating group) is 2. The molecule has 1 aromatic carbocycles. The van der Waals surface area contributed by atoms with E-state index in [4.69, 9.17) is 4.74 Å². The molecule has 1 unspecified atom stereocenters. The van der Waals surface area contributed by atoms with E-state index in [1.54, 1.807) is 4.90 Å². The van der Waals surface area contributed by atoms with Crippen LogP contribution in [0.2, 0.25) is 0 Å². The third-order valence-electron chi connectivity index (χ3n) is 4.86. The fourth-order valence-corrected chi connectivity index (χ4v) is 3.25. The summed E-state index contributed by atoms with van der Waals surface area (Å²) in [5.41, 5.74) is 1.56. The summed E-state index contributed by atoms with van der Waals surface area (Å²) in [6, 6.07) is 7.95. The van der Waals surface area contributed by atoms with Gasteiger partial charge in [0.2, 0.25) is 11.8 Å². The van der Waals surface area contributed by atoms with Crippen molar-refractivity contribution in [1.82, 2.24) is 15.1 Å². The predicted molar refractivity (Wildman–Crippen MR) is 111 cm³/mol. The first-order valence-electron chi connectivity index (χ1n) is 10.2. The molecule has 1 heterocycles. The standard InChI is InChI=1S/C22H33N3O4/c1-6-25(21(28)29-22(2,3)4)14-13-24(5)15-16-7-9-17(10-8-16)18-11-12-19(26)23-20(18)27/h7-10,18H,6,11-15H2,1-5H3,(H,23,26,27). The Balaban J connectivity index is 1.85. The van der Waals surface area contributed by atoms with Crippen LogP contribution in [0, 0.1) is 0 Å². The number of ether oxygens (including phenoxy) is 1. The number of hydrogen-bond acceptors (Lipinski definition) is 5. The van der Waals surface area contributed by atoms with E-state index in [1.165, 1.54) is 0 Å². The van der Waals surface area contributed by atoms with E-state index in [0.717, 1.165) is 24.2 Å². The smallest absolute Gasteiger partial charge is 0.410 e. The Morgan fingerprint density at radius 2 is 1.83 bits per heavy atom. The summed E-state index contributed by atoms with van der Waals surface area (Å²) < 4.78 is 5.44. The van der Waals surface area contributed by atoms with Crippen LogP contribution in [0.15, 0.2) is 24.3 Å². The molecule has 0 radical (unpaired) electrons. The zero-order valence-corrected chi connectivity index (χ0v) is 18.2. The SMILES string of the molecule is CCN(CCN(C)Cc1ccc(C2CCC(=O)NC2=O)cc1)C(=O)OC(C)(C)C. The lowest BCUT2D eigenvalue weighted by Gasteiger charge is -2.28. The molecule has 0 spiro atoms. The van der Waals surface area contributed by atoms with Crippen molar-refractivity contribution in [3.8, 4) is 0 Å². The van der Waals surface area contributed by atoms with Crippen molar-refractivity contribution in [3.63, 3.8) is 0 Å². The van der Waals surface area contributed by atoms with Crippen molar-refractivity contribution >= 4 is 17.9 Å². The number of carbonyl (C=O) groups is 3. The maximum absolute atomic E-state index is 12.2. The van der Waals surface area contributed by atoms with Gasteiger partial charge in [-0.2, -0.15) is 0 Å². The Hall–Kier alpha value is -2.41. The molecular weight excluding hydrogens is 370 g/mol. The minimum absolute atomic E-state index is 0.197. The van der Waals surface area contributed by atoms with Crippen molar-refractivity contribution < 1.29 is 19.1 Å². The van der Waals surface area contributed by atoms with Crippen LogP contribution in [-0.2, 0) is 20.9 Å². The van der Waals surface area contributed by atoms with E-state index in [1.807, 2.05) is 59.0 Å². The van der Waals surface area contributed by atoms with Crippen molar-refractivity contribution in [2.75, 3.05) is 26.7 Å². The number of carbonyl (C=O) groups excluding carboxylic acids is 3. The van der Waals surface area contributed by atoms with Gasteiger partial charge in [0, 0.05) is 32.6 Å². The van der Waals surface area contributed by atoms with Crippen molar-refractivity contribution in [1.29, 1.82) is 0 Å². The maximum Gasteiger partial charge on any atom is 0.410 e. The molecule has 3 amide bonds. The number of benzene rings is 1. The van der Waals surface area contributed by atoms with Gasteiger partial charge in [-0.15, -0.1) is 0 Å². The highest BCUT2D eigenvalue weighted by Crippen LogP contribution is 2.25. The van der Waals surface area contributed by atoms with Gasteiger partial charge in [0.15, 0.2) is 0 Å². The molecule has 0 bridgehead atoms. The molecule has 1 saturated heterocycles. The molecule has 2 rings (SSSR count). The number of piperidine rings is 1. The average Bonchev–Trinajstić information content (AvgIpc) is 2.61. The summed E-state index contributed by atoms with van der Waals surface area (Å²) >= 11 is 0. The molecule has 7 nitrogen and oxygen atoms in total. The lowest BCUT2D eigenvalue weighted by molar-refractivity contribution is -0.134. The van der Waals surface area contributed by atoms with E-state index in [2.05, 4.69) is 10.2 Å².